The molecule has 0 aliphatic heterocycles. The normalized spacial score (nSPS) is 12.9. The fraction of sp³-hybridized carbons (Fsp3) is 0.750. The van der Waals surface area contributed by atoms with Crippen LogP contribution in [0.15, 0.2) is 12.7 Å². The number of hydrogen-bond donors (Lipinski definition) is 3. The highest BCUT2D eigenvalue weighted by atomic mass is 15.3. The van der Waals surface area contributed by atoms with E-state index in [1.54, 1.807) is 6.08 Å². The maximum absolute atomic E-state index is 5.63. The van der Waals surface area contributed by atoms with Gasteiger partial charge in [0.1, 0.15) is 0 Å². The van der Waals surface area contributed by atoms with Gasteiger partial charge in [-0.15, -0.1) is 6.58 Å². The van der Waals surface area contributed by atoms with E-state index in [0.29, 0.717) is 0 Å². The van der Waals surface area contributed by atoms with Crippen molar-refractivity contribution in [1.82, 2.24) is 10.9 Å². The molecule has 0 fully saturated rings. The third-order valence-electron chi connectivity index (χ3n) is 1.57. The molecule has 3 heteroatoms. The lowest BCUT2D eigenvalue weighted by Crippen LogP contribution is -2.28. The molecule has 1 unspecified atom stereocenters. The minimum Gasteiger partial charge on any atom is -0.324 e. The maximum atomic E-state index is 5.63. The van der Waals surface area contributed by atoms with Crippen LogP contribution in [-0.4, -0.2) is 19.6 Å². The highest BCUT2D eigenvalue weighted by molar-refractivity contribution is 4.81. The van der Waals surface area contributed by atoms with Crippen LogP contribution in [0.5, 0.6) is 0 Å². The van der Waals surface area contributed by atoms with Crippen molar-refractivity contribution in [2.24, 2.45) is 5.73 Å². The molecule has 0 bridgehead atoms. The van der Waals surface area contributed by atoms with Crippen LogP contribution in [0.1, 0.15) is 19.3 Å². The molecule has 11 heavy (non-hydrogen) atoms. The van der Waals surface area contributed by atoms with Crippen molar-refractivity contribution in [1.29, 1.82) is 0 Å². The molecule has 0 saturated heterocycles. The number of nitrogens with two attached hydrogens (primary N) is 1. The Morgan fingerprint density at radius 1 is 1.55 bits per heavy atom. The van der Waals surface area contributed by atoms with E-state index in [1.807, 2.05) is 7.05 Å². The van der Waals surface area contributed by atoms with Gasteiger partial charge in [-0.2, -0.15) is 0 Å². The third-order valence-corrected chi connectivity index (χ3v) is 1.57. The molecule has 4 N–H and O–H groups in total. The molecule has 0 radical (unpaired) electrons. The second-order valence-electron chi connectivity index (χ2n) is 2.57. The van der Waals surface area contributed by atoms with E-state index < -0.39 is 0 Å². The van der Waals surface area contributed by atoms with Crippen LogP contribution in [0.25, 0.3) is 0 Å². The highest BCUT2D eigenvalue weighted by Crippen LogP contribution is 1.97. The molecule has 0 aromatic rings. The minimum absolute atomic E-state index is 0.171. The van der Waals surface area contributed by atoms with Gasteiger partial charge in [0.15, 0.2) is 0 Å². The van der Waals surface area contributed by atoms with Crippen molar-refractivity contribution in [2.75, 3.05) is 13.6 Å². The Morgan fingerprint density at radius 2 is 2.27 bits per heavy atom. The van der Waals surface area contributed by atoms with Crippen molar-refractivity contribution in [3.8, 4) is 0 Å². The molecular weight excluding hydrogens is 138 g/mol. The van der Waals surface area contributed by atoms with Gasteiger partial charge in [-0.05, 0) is 19.9 Å². The standard InChI is InChI=1S/C8H19N3/c1-3-8(9)6-4-5-7-11-10-2/h3,8,10-11H,1,4-7,9H2,2H3. The van der Waals surface area contributed by atoms with Crippen molar-refractivity contribution >= 4 is 0 Å². The first-order valence-electron chi connectivity index (χ1n) is 4.09. The molecule has 3 nitrogen and oxygen atoms in total. The van der Waals surface area contributed by atoms with Crippen LogP contribution < -0.4 is 16.6 Å². The fourth-order valence-electron chi connectivity index (χ4n) is 0.836. The van der Waals surface area contributed by atoms with E-state index in [0.717, 1.165) is 25.8 Å². The van der Waals surface area contributed by atoms with Crippen LogP contribution in [0, 0.1) is 0 Å². The van der Waals surface area contributed by atoms with Gasteiger partial charge in [-0.25, -0.2) is 0 Å². The van der Waals surface area contributed by atoms with E-state index in [4.69, 9.17) is 5.73 Å². The van der Waals surface area contributed by atoms with Gasteiger partial charge in [0, 0.05) is 12.6 Å². The number of unbranched alkanes of at least 4 members (excludes halogenated alkanes) is 1. The summed E-state index contributed by atoms with van der Waals surface area (Å²) < 4.78 is 0. The van der Waals surface area contributed by atoms with E-state index in [9.17, 15) is 0 Å². The SMILES string of the molecule is C=CC(N)CCCCNNC. The van der Waals surface area contributed by atoms with Gasteiger partial charge in [-0.1, -0.05) is 12.5 Å². The average Bonchev–Trinajstić information content (AvgIpc) is 2.04. The number of hydrogen-bond acceptors (Lipinski definition) is 3. The molecule has 0 aliphatic rings. The summed E-state index contributed by atoms with van der Waals surface area (Å²) in [6.07, 6.45) is 5.14. The quantitative estimate of drug-likeness (QED) is 0.285. The Hall–Kier alpha value is -0.380. The van der Waals surface area contributed by atoms with E-state index in [1.165, 1.54) is 0 Å². The average molecular weight is 157 g/mol. The van der Waals surface area contributed by atoms with Gasteiger partial charge < -0.3 is 5.73 Å². The lowest BCUT2D eigenvalue weighted by atomic mass is 10.1. The second-order valence-corrected chi connectivity index (χ2v) is 2.57. The molecule has 0 saturated carbocycles. The van der Waals surface area contributed by atoms with Crippen LogP contribution in [0.2, 0.25) is 0 Å². The summed E-state index contributed by atoms with van der Waals surface area (Å²) in [4.78, 5) is 0. The first-order chi connectivity index (χ1) is 5.31. The smallest absolute Gasteiger partial charge is 0.0221 e. The summed E-state index contributed by atoms with van der Waals surface area (Å²) in [5.74, 6) is 0. The van der Waals surface area contributed by atoms with Crippen molar-refractivity contribution in [3.63, 3.8) is 0 Å². The predicted molar refractivity (Wildman–Crippen MR) is 49.1 cm³/mol. The summed E-state index contributed by atoms with van der Waals surface area (Å²) in [6, 6.07) is 0.171. The van der Waals surface area contributed by atoms with E-state index in [2.05, 4.69) is 17.4 Å². The number of hydrazine groups is 1. The Kier molecular flexibility index (Phi) is 7.46. The van der Waals surface area contributed by atoms with Crippen molar-refractivity contribution in [2.45, 2.75) is 25.3 Å². The fourth-order valence-corrected chi connectivity index (χ4v) is 0.836. The summed E-state index contributed by atoms with van der Waals surface area (Å²) in [5, 5.41) is 0. The first-order valence-corrected chi connectivity index (χ1v) is 4.09. The molecule has 0 amide bonds. The van der Waals surface area contributed by atoms with E-state index in [-0.39, 0.29) is 6.04 Å². The number of rotatable bonds is 7. The zero-order valence-corrected chi connectivity index (χ0v) is 7.27. The Bertz CT molecular complexity index is 93.3. The van der Waals surface area contributed by atoms with Crippen LogP contribution >= 0.6 is 0 Å². The topological polar surface area (TPSA) is 50.1 Å². The Balaban J connectivity index is 2.95. The molecule has 0 aliphatic carbocycles. The first kappa shape index (κ1) is 10.6. The van der Waals surface area contributed by atoms with Crippen LogP contribution in [-0.2, 0) is 0 Å². The molecule has 1 atom stereocenters. The molecule has 66 valence electrons. The van der Waals surface area contributed by atoms with Gasteiger partial charge in [-0.3, -0.25) is 10.9 Å². The van der Waals surface area contributed by atoms with Gasteiger partial charge in [0.05, 0.1) is 0 Å². The summed E-state index contributed by atoms with van der Waals surface area (Å²) >= 11 is 0. The predicted octanol–water partition coefficient (Wildman–Crippen LogP) is 0.394. The second kappa shape index (κ2) is 7.72. The zero-order valence-electron chi connectivity index (χ0n) is 7.27. The largest absolute Gasteiger partial charge is 0.324 e. The summed E-state index contributed by atoms with van der Waals surface area (Å²) in [7, 11) is 1.87. The lowest BCUT2D eigenvalue weighted by Gasteiger charge is -2.05. The zero-order chi connectivity index (χ0) is 8.53. The molecule has 0 aromatic heterocycles. The Morgan fingerprint density at radius 3 is 2.82 bits per heavy atom. The molecular formula is C8H19N3. The van der Waals surface area contributed by atoms with Gasteiger partial charge in [0.2, 0.25) is 0 Å². The van der Waals surface area contributed by atoms with Crippen molar-refractivity contribution < 1.29 is 0 Å². The van der Waals surface area contributed by atoms with Crippen molar-refractivity contribution in [3.05, 3.63) is 12.7 Å². The minimum atomic E-state index is 0.171. The summed E-state index contributed by atoms with van der Waals surface area (Å²) in [6.45, 7) is 4.62. The highest BCUT2D eigenvalue weighted by Gasteiger charge is 1.94. The third kappa shape index (κ3) is 7.52. The Labute approximate surface area is 69.0 Å². The van der Waals surface area contributed by atoms with Gasteiger partial charge >= 0.3 is 0 Å². The monoisotopic (exact) mass is 157 g/mol. The molecule has 0 aromatic carbocycles. The molecule has 0 heterocycles. The lowest BCUT2D eigenvalue weighted by molar-refractivity contribution is 0.540. The summed E-state index contributed by atoms with van der Waals surface area (Å²) in [5.41, 5.74) is 11.5. The van der Waals surface area contributed by atoms with Crippen LogP contribution in [0.3, 0.4) is 0 Å². The molecule has 0 spiro atoms. The van der Waals surface area contributed by atoms with Gasteiger partial charge in [0.25, 0.3) is 0 Å². The van der Waals surface area contributed by atoms with Crippen LogP contribution in [0.4, 0.5) is 0 Å². The van der Waals surface area contributed by atoms with E-state index >= 15 is 0 Å². The maximum Gasteiger partial charge on any atom is 0.0221 e. The number of nitrogens with one attached hydrogen (secondary N) is 2. The molecule has 0 rings (SSSR count).